The second kappa shape index (κ2) is 5.35. The van der Waals surface area contributed by atoms with Crippen LogP contribution in [0.3, 0.4) is 0 Å². The van der Waals surface area contributed by atoms with E-state index >= 15 is 0 Å². The largest absolute Gasteiger partial charge is 0.297 e. The van der Waals surface area contributed by atoms with Crippen LogP contribution in [0.15, 0.2) is 6.20 Å². The van der Waals surface area contributed by atoms with Gasteiger partial charge in [-0.25, -0.2) is 15.0 Å². The van der Waals surface area contributed by atoms with E-state index in [9.17, 15) is 4.79 Å². The number of amides is 1. The number of anilines is 1. The van der Waals surface area contributed by atoms with Gasteiger partial charge in [0.15, 0.2) is 5.13 Å². The van der Waals surface area contributed by atoms with Crippen molar-refractivity contribution in [1.82, 2.24) is 15.0 Å². The van der Waals surface area contributed by atoms with Crippen LogP contribution in [-0.2, 0) is 0 Å². The lowest BCUT2D eigenvalue weighted by atomic mass is 10.1. The van der Waals surface area contributed by atoms with Crippen LogP contribution in [0, 0.1) is 20.8 Å². The first-order valence-corrected chi connectivity index (χ1v) is 9.17. The molecule has 0 atom stereocenters. The summed E-state index contributed by atoms with van der Waals surface area (Å²) in [7, 11) is 0. The van der Waals surface area contributed by atoms with Crippen molar-refractivity contribution in [3.63, 3.8) is 0 Å². The predicted molar refractivity (Wildman–Crippen MR) is 93.7 cm³/mol. The highest BCUT2D eigenvalue weighted by molar-refractivity contribution is 7.21. The molecular formula is C16H16N4OS2. The molecule has 1 aliphatic rings. The number of carbonyl (C=O) groups is 1. The number of rotatable bonds is 3. The van der Waals surface area contributed by atoms with Crippen molar-refractivity contribution >= 4 is 43.9 Å². The van der Waals surface area contributed by atoms with Crippen LogP contribution >= 0.6 is 22.7 Å². The average Bonchev–Trinajstić information content (AvgIpc) is 3.19. The molecule has 0 spiro atoms. The molecule has 3 aromatic heterocycles. The Bertz CT molecular complexity index is 924. The minimum Gasteiger partial charge on any atom is -0.297 e. The molecule has 118 valence electrons. The van der Waals surface area contributed by atoms with Crippen molar-refractivity contribution in [2.24, 2.45) is 0 Å². The zero-order valence-electron chi connectivity index (χ0n) is 13.1. The van der Waals surface area contributed by atoms with Crippen molar-refractivity contribution in [2.45, 2.75) is 39.5 Å². The van der Waals surface area contributed by atoms with Gasteiger partial charge in [-0.15, -0.1) is 22.7 Å². The maximum absolute atomic E-state index is 12.6. The van der Waals surface area contributed by atoms with Crippen molar-refractivity contribution in [1.29, 1.82) is 0 Å². The Hall–Kier alpha value is -1.86. The monoisotopic (exact) mass is 344 g/mol. The first kappa shape index (κ1) is 14.7. The van der Waals surface area contributed by atoms with Gasteiger partial charge in [0.1, 0.15) is 10.7 Å². The average molecular weight is 344 g/mol. The maximum atomic E-state index is 12.6. The number of fused-ring (bicyclic) bond motifs is 1. The van der Waals surface area contributed by atoms with Crippen LogP contribution < -0.4 is 5.32 Å². The quantitative estimate of drug-likeness (QED) is 0.773. The van der Waals surface area contributed by atoms with Crippen LogP contribution in [0.1, 0.15) is 50.4 Å². The van der Waals surface area contributed by atoms with E-state index in [4.69, 9.17) is 0 Å². The lowest BCUT2D eigenvalue weighted by Gasteiger charge is -2.02. The number of aryl methyl sites for hydroxylation is 3. The molecule has 0 bridgehead atoms. The third-order valence-electron chi connectivity index (χ3n) is 3.98. The summed E-state index contributed by atoms with van der Waals surface area (Å²) < 4.78 is 0. The fourth-order valence-electron chi connectivity index (χ4n) is 2.67. The third kappa shape index (κ3) is 2.64. The van der Waals surface area contributed by atoms with E-state index in [1.165, 1.54) is 35.5 Å². The van der Waals surface area contributed by atoms with Gasteiger partial charge in [-0.2, -0.15) is 0 Å². The van der Waals surface area contributed by atoms with Crippen LogP contribution in [-0.4, -0.2) is 20.9 Å². The standard InChI is InChI=1S/C16H16N4OS2/c1-7-6-17-16(22-7)20-14(21)12-8(2)11-9(3)18-13(10-4-5-10)19-15(11)23-12/h6,10H,4-5H2,1-3H3,(H,17,20,21). The van der Waals surface area contributed by atoms with Gasteiger partial charge in [0.25, 0.3) is 5.91 Å². The summed E-state index contributed by atoms with van der Waals surface area (Å²) in [6.07, 6.45) is 4.10. The fraction of sp³-hybridized carbons (Fsp3) is 0.375. The van der Waals surface area contributed by atoms with Crippen LogP contribution in [0.4, 0.5) is 5.13 Å². The van der Waals surface area contributed by atoms with Gasteiger partial charge in [0, 0.05) is 22.4 Å². The molecule has 7 heteroatoms. The van der Waals surface area contributed by atoms with Crippen molar-refractivity contribution < 1.29 is 4.79 Å². The van der Waals surface area contributed by atoms with E-state index in [0.29, 0.717) is 15.9 Å². The first-order chi connectivity index (χ1) is 11.0. The predicted octanol–water partition coefficient (Wildman–Crippen LogP) is 4.20. The molecule has 4 rings (SSSR count). The number of aromatic nitrogens is 3. The van der Waals surface area contributed by atoms with Gasteiger partial charge in [0.2, 0.25) is 0 Å². The van der Waals surface area contributed by atoms with Gasteiger partial charge in [-0.05, 0) is 39.2 Å². The zero-order valence-corrected chi connectivity index (χ0v) is 14.8. The highest BCUT2D eigenvalue weighted by Crippen LogP contribution is 2.40. The topological polar surface area (TPSA) is 67.8 Å². The second-order valence-corrected chi connectivity index (χ2v) is 8.14. The Morgan fingerprint density at radius 1 is 1.22 bits per heavy atom. The number of thiazole rings is 1. The summed E-state index contributed by atoms with van der Waals surface area (Å²) in [6, 6.07) is 0. The zero-order chi connectivity index (χ0) is 16.1. The van der Waals surface area contributed by atoms with Crippen molar-refractivity contribution in [3.8, 4) is 0 Å². The number of nitrogens with zero attached hydrogens (tertiary/aromatic N) is 3. The molecule has 3 heterocycles. The number of nitrogens with one attached hydrogen (secondary N) is 1. The molecule has 0 unspecified atom stereocenters. The molecule has 3 aromatic rings. The van der Waals surface area contributed by atoms with E-state index in [1.54, 1.807) is 6.20 Å². The molecular weight excluding hydrogens is 328 g/mol. The molecule has 1 aliphatic carbocycles. The molecule has 1 fully saturated rings. The van der Waals surface area contributed by atoms with Gasteiger partial charge in [-0.1, -0.05) is 0 Å². The second-order valence-electron chi connectivity index (χ2n) is 5.91. The number of thiophene rings is 1. The van der Waals surface area contributed by atoms with Crippen LogP contribution in [0.25, 0.3) is 10.2 Å². The third-order valence-corrected chi connectivity index (χ3v) is 5.99. The molecule has 1 amide bonds. The van der Waals surface area contributed by atoms with E-state index < -0.39 is 0 Å². The molecule has 0 aromatic carbocycles. The minimum atomic E-state index is -0.118. The Balaban J connectivity index is 1.73. The van der Waals surface area contributed by atoms with Gasteiger partial charge in [-0.3, -0.25) is 10.1 Å². The Kier molecular flexibility index (Phi) is 3.42. The van der Waals surface area contributed by atoms with Gasteiger partial charge in [0.05, 0.1) is 10.6 Å². The summed E-state index contributed by atoms with van der Waals surface area (Å²) in [5, 5.41) is 4.52. The van der Waals surface area contributed by atoms with Crippen molar-refractivity contribution in [2.75, 3.05) is 5.32 Å². The Morgan fingerprint density at radius 3 is 2.65 bits per heavy atom. The van der Waals surface area contributed by atoms with Crippen molar-refractivity contribution in [3.05, 3.63) is 33.0 Å². The van der Waals surface area contributed by atoms with E-state index in [0.717, 1.165) is 32.2 Å². The lowest BCUT2D eigenvalue weighted by molar-refractivity contribution is 0.103. The highest BCUT2D eigenvalue weighted by Gasteiger charge is 2.28. The molecule has 0 aliphatic heterocycles. The van der Waals surface area contributed by atoms with E-state index in [2.05, 4.69) is 20.3 Å². The summed E-state index contributed by atoms with van der Waals surface area (Å²) in [5.41, 5.74) is 1.92. The normalized spacial score (nSPS) is 14.4. The summed E-state index contributed by atoms with van der Waals surface area (Å²) >= 11 is 2.92. The smallest absolute Gasteiger partial charge is 0.267 e. The van der Waals surface area contributed by atoms with Gasteiger partial charge < -0.3 is 0 Å². The molecule has 5 nitrogen and oxygen atoms in total. The Labute approximate surface area is 141 Å². The first-order valence-electron chi connectivity index (χ1n) is 7.54. The number of hydrogen-bond acceptors (Lipinski definition) is 6. The van der Waals surface area contributed by atoms with Crippen LogP contribution in [0.2, 0.25) is 0 Å². The minimum absolute atomic E-state index is 0.118. The maximum Gasteiger partial charge on any atom is 0.267 e. The molecule has 0 saturated heterocycles. The summed E-state index contributed by atoms with van der Waals surface area (Å²) in [5.74, 6) is 1.32. The van der Waals surface area contributed by atoms with E-state index in [1.807, 2.05) is 20.8 Å². The summed E-state index contributed by atoms with van der Waals surface area (Å²) in [4.78, 5) is 28.8. The molecule has 0 radical (unpaired) electrons. The SMILES string of the molecule is Cc1cnc(NC(=O)c2sc3nc(C4CC4)nc(C)c3c2C)s1. The number of hydrogen-bond donors (Lipinski definition) is 1. The summed E-state index contributed by atoms with van der Waals surface area (Å²) in [6.45, 7) is 5.94. The molecule has 23 heavy (non-hydrogen) atoms. The highest BCUT2D eigenvalue weighted by atomic mass is 32.1. The molecule has 1 saturated carbocycles. The molecule has 1 N–H and O–H groups in total. The fourth-order valence-corrected chi connectivity index (χ4v) is 4.46. The van der Waals surface area contributed by atoms with E-state index in [-0.39, 0.29) is 5.91 Å². The van der Waals surface area contributed by atoms with Gasteiger partial charge >= 0.3 is 0 Å². The number of carbonyl (C=O) groups excluding carboxylic acids is 1. The lowest BCUT2D eigenvalue weighted by Crippen LogP contribution is -2.11. The Morgan fingerprint density at radius 2 is 2.00 bits per heavy atom. The van der Waals surface area contributed by atoms with Crippen LogP contribution in [0.5, 0.6) is 0 Å².